The Kier molecular flexibility index (Phi) is 9.41. The molecule has 0 saturated carbocycles. The molecule has 0 saturated heterocycles. The van der Waals surface area contributed by atoms with Crippen LogP contribution in [0.1, 0.15) is 56.6 Å². The average Bonchev–Trinajstić information content (AvgIpc) is 2.94. The first kappa shape index (κ1) is 28.4. The maximum Gasteiger partial charge on any atom is 0.315 e. The number of methoxy groups -OCH3 is 2. The van der Waals surface area contributed by atoms with Crippen LogP contribution in [0.3, 0.4) is 0 Å². The second-order valence-corrected chi connectivity index (χ2v) is 9.58. The van der Waals surface area contributed by atoms with Gasteiger partial charge in [0.05, 0.1) is 27.4 Å². The van der Waals surface area contributed by atoms with Gasteiger partial charge >= 0.3 is 5.97 Å². The summed E-state index contributed by atoms with van der Waals surface area (Å²) in [5.74, 6) is 0.196. The predicted octanol–water partition coefficient (Wildman–Crippen LogP) is 5.26. The summed E-state index contributed by atoms with van der Waals surface area (Å²) in [6.45, 7) is 7.15. The van der Waals surface area contributed by atoms with Gasteiger partial charge in [0.2, 0.25) is 0 Å². The van der Waals surface area contributed by atoms with Crippen LogP contribution in [0, 0.1) is 5.92 Å². The van der Waals surface area contributed by atoms with E-state index in [1.54, 1.807) is 14.2 Å². The molecule has 2 aliphatic rings. The van der Waals surface area contributed by atoms with E-state index in [-0.39, 0.29) is 18.3 Å². The van der Waals surface area contributed by atoms with Crippen LogP contribution in [0.4, 0.5) is 0 Å². The van der Waals surface area contributed by atoms with Crippen molar-refractivity contribution in [3.05, 3.63) is 64.9 Å². The summed E-state index contributed by atoms with van der Waals surface area (Å²) in [6, 6.07) is 13.3. The van der Waals surface area contributed by atoms with E-state index in [1.807, 2.05) is 63.2 Å². The van der Waals surface area contributed by atoms with Gasteiger partial charge in [0.25, 0.3) is 0 Å². The zero-order valence-corrected chi connectivity index (χ0v) is 23.3. The van der Waals surface area contributed by atoms with Crippen LogP contribution < -0.4 is 14.2 Å². The van der Waals surface area contributed by atoms with Crippen molar-refractivity contribution in [2.75, 3.05) is 40.6 Å². The fourth-order valence-electron chi connectivity index (χ4n) is 5.47. The molecule has 8 nitrogen and oxygen atoms in total. The highest BCUT2D eigenvalue weighted by molar-refractivity contribution is 6.09. The zero-order chi connectivity index (χ0) is 27.9. The molecule has 2 aromatic rings. The monoisotopic (exact) mass is 535 g/mol. The van der Waals surface area contributed by atoms with E-state index in [9.17, 15) is 9.59 Å². The Morgan fingerprint density at radius 2 is 1.74 bits per heavy atom. The molecule has 0 spiro atoms. The lowest BCUT2D eigenvalue weighted by Crippen LogP contribution is -2.38. The largest absolute Gasteiger partial charge is 0.494 e. The maximum absolute atomic E-state index is 13.9. The highest BCUT2D eigenvalue weighted by Gasteiger charge is 2.45. The van der Waals surface area contributed by atoms with Gasteiger partial charge in [0.15, 0.2) is 17.3 Å². The molecular formula is C31H37NO7. The minimum Gasteiger partial charge on any atom is -0.494 e. The van der Waals surface area contributed by atoms with E-state index in [4.69, 9.17) is 28.7 Å². The fraction of sp³-hybridized carbons (Fsp3) is 0.452. The minimum absolute atomic E-state index is 0.0220. The molecule has 39 heavy (non-hydrogen) atoms. The average molecular weight is 536 g/mol. The molecule has 0 radical (unpaired) electrons. The van der Waals surface area contributed by atoms with Crippen LogP contribution in [-0.2, 0) is 19.1 Å². The quantitative estimate of drug-likeness (QED) is 0.286. The Bertz CT molecular complexity index is 1270. The molecule has 3 atom stereocenters. The van der Waals surface area contributed by atoms with E-state index in [2.05, 4.69) is 0 Å². The first-order chi connectivity index (χ1) is 18.9. The number of aliphatic imine (C=N–C) groups is 1. The summed E-state index contributed by atoms with van der Waals surface area (Å²) in [4.78, 5) is 32.1. The summed E-state index contributed by atoms with van der Waals surface area (Å²) >= 11 is 0. The van der Waals surface area contributed by atoms with Crippen LogP contribution in [0.15, 0.2) is 58.7 Å². The number of esters is 1. The van der Waals surface area contributed by atoms with Gasteiger partial charge in [-0.2, -0.15) is 0 Å². The summed E-state index contributed by atoms with van der Waals surface area (Å²) in [7, 11) is 3.19. The second kappa shape index (κ2) is 12.9. The number of rotatable bonds is 11. The van der Waals surface area contributed by atoms with Crippen LogP contribution in [0.2, 0.25) is 0 Å². The Hall–Kier alpha value is -3.65. The van der Waals surface area contributed by atoms with E-state index < -0.39 is 17.8 Å². The minimum atomic E-state index is -0.719. The molecule has 0 bridgehead atoms. The number of Topliss-reactive ketones (excluding diaryl/α,β-unsaturated/α-hetero) is 1. The number of allylic oxidation sites excluding steroid dienone is 2. The van der Waals surface area contributed by atoms with Crippen LogP contribution in [0.5, 0.6) is 17.2 Å². The maximum atomic E-state index is 13.9. The summed E-state index contributed by atoms with van der Waals surface area (Å²) < 4.78 is 27.6. The summed E-state index contributed by atoms with van der Waals surface area (Å²) in [6.07, 6.45) is 0.873. The first-order valence-electron chi connectivity index (χ1n) is 13.4. The molecule has 8 heteroatoms. The smallest absolute Gasteiger partial charge is 0.315 e. The topological polar surface area (TPSA) is 92.7 Å². The molecular weight excluding hydrogens is 498 g/mol. The number of carbonyl (C=O) groups is 2. The van der Waals surface area contributed by atoms with E-state index >= 15 is 0 Å². The van der Waals surface area contributed by atoms with Gasteiger partial charge in [0.1, 0.15) is 18.3 Å². The Labute approximate surface area is 230 Å². The second-order valence-electron chi connectivity index (χ2n) is 9.58. The molecule has 1 aliphatic carbocycles. The van der Waals surface area contributed by atoms with Crippen LogP contribution in [0.25, 0.3) is 0 Å². The lowest BCUT2D eigenvalue weighted by atomic mass is 9.69. The van der Waals surface area contributed by atoms with Crippen molar-refractivity contribution >= 4 is 17.5 Å². The number of hydrogen-bond acceptors (Lipinski definition) is 8. The number of ketones is 1. The fourth-order valence-corrected chi connectivity index (χ4v) is 5.47. The molecule has 208 valence electrons. The molecule has 0 N–H and O–H groups in total. The van der Waals surface area contributed by atoms with Gasteiger partial charge in [-0.25, -0.2) is 0 Å². The van der Waals surface area contributed by atoms with Crippen molar-refractivity contribution < 1.29 is 33.3 Å². The number of benzene rings is 2. The molecule has 0 fully saturated rings. The standard InChI is InChI=1S/C31H37NO7/c1-6-37-13-14-39-31(34)28-19(3)32-24-16-22(20-11-12-26(35-4)27(18-20)36-5)17-25(33)30(24)29(28)21-9-8-10-23(15-21)38-7-2/h8-12,15,18,22,28-29H,6-7,13-14,16-17H2,1-5H3/t22-,28?,29-/m0/s1. The highest BCUT2D eigenvalue weighted by atomic mass is 16.6. The lowest BCUT2D eigenvalue weighted by Gasteiger charge is -2.36. The number of nitrogens with zero attached hydrogens (tertiary/aromatic N) is 1. The van der Waals surface area contributed by atoms with Crippen molar-refractivity contribution in [3.63, 3.8) is 0 Å². The van der Waals surface area contributed by atoms with Gasteiger partial charge in [-0.05, 0) is 68.5 Å². The number of hydrogen-bond donors (Lipinski definition) is 0. The molecule has 1 unspecified atom stereocenters. The summed E-state index contributed by atoms with van der Waals surface area (Å²) in [5.41, 5.74) is 3.73. The molecule has 0 aromatic heterocycles. The SMILES string of the molecule is CCOCCOC(=O)C1C(C)=NC2=C(C(=O)C[C@@H](c3ccc(OC)c(OC)c3)C2)[C@H]1c1cccc(OCC)c1. The van der Waals surface area contributed by atoms with E-state index in [1.165, 1.54) is 0 Å². The van der Waals surface area contributed by atoms with Crippen LogP contribution >= 0.6 is 0 Å². The Balaban J connectivity index is 1.73. The number of carbonyl (C=O) groups excluding carboxylic acids is 2. The predicted molar refractivity (Wildman–Crippen MR) is 148 cm³/mol. The molecule has 2 aromatic carbocycles. The third kappa shape index (κ3) is 6.17. The van der Waals surface area contributed by atoms with Crippen molar-refractivity contribution in [3.8, 4) is 17.2 Å². The third-order valence-corrected chi connectivity index (χ3v) is 7.23. The molecule has 1 heterocycles. The highest BCUT2D eigenvalue weighted by Crippen LogP contribution is 2.48. The summed E-state index contributed by atoms with van der Waals surface area (Å²) in [5, 5.41) is 0. The van der Waals surface area contributed by atoms with Gasteiger partial charge in [-0.3, -0.25) is 14.6 Å². The molecule has 1 aliphatic heterocycles. The normalized spacial score (nSPS) is 20.7. The number of ether oxygens (including phenoxy) is 5. The zero-order valence-electron chi connectivity index (χ0n) is 23.3. The third-order valence-electron chi connectivity index (χ3n) is 7.23. The van der Waals surface area contributed by atoms with Crippen molar-refractivity contribution in [2.45, 2.75) is 45.4 Å². The van der Waals surface area contributed by atoms with Crippen molar-refractivity contribution in [1.29, 1.82) is 0 Å². The van der Waals surface area contributed by atoms with Gasteiger partial charge < -0.3 is 23.7 Å². The van der Waals surface area contributed by atoms with E-state index in [0.717, 1.165) is 11.1 Å². The van der Waals surface area contributed by atoms with Gasteiger partial charge in [0, 0.05) is 35.9 Å². The van der Waals surface area contributed by atoms with Crippen LogP contribution in [-0.4, -0.2) is 58.1 Å². The lowest BCUT2D eigenvalue weighted by molar-refractivity contribution is -0.148. The van der Waals surface area contributed by atoms with E-state index in [0.29, 0.717) is 66.9 Å². The van der Waals surface area contributed by atoms with Gasteiger partial charge in [-0.1, -0.05) is 18.2 Å². The van der Waals surface area contributed by atoms with Crippen molar-refractivity contribution in [2.24, 2.45) is 10.9 Å². The molecule has 4 rings (SSSR count). The van der Waals surface area contributed by atoms with Crippen molar-refractivity contribution in [1.82, 2.24) is 0 Å². The molecule has 0 amide bonds. The Morgan fingerprint density at radius 1 is 0.949 bits per heavy atom. The van der Waals surface area contributed by atoms with Gasteiger partial charge in [-0.15, -0.1) is 0 Å². The first-order valence-corrected chi connectivity index (χ1v) is 13.4. The Morgan fingerprint density at radius 3 is 2.46 bits per heavy atom.